The third-order valence-electron chi connectivity index (χ3n) is 11.5. The number of hydrogen-bond acceptors (Lipinski definition) is 9. The highest BCUT2D eigenvalue weighted by molar-refractivity contribution is 7.86. The third-order valence-corrected chi connectivity index (χ3v) is 12.3. The molecule has 41 heavy (non-hydrogen) atoms. The zero-order valence-electron chi connectivity index (χ0n) is 23.9. The van der Waals surface area contributed by atoms with Gasteiger partial charge in [-0.2, -0.15) is 17.2 Å². The second kappa shape index (κ2) is 11.6. The van der Waals surface area contributed by atoms with E-state index in [0.717, 1.165) is 25.7 Å². The molecule has 0 aromatic heterocycles. The Balaban J connectivity index is 1.32. The van der Waals surface area contributed by atoms with Gasteiger partial charge in [-0.3, -0.25) is 9.35 Å². The van der Waals surface area contributed by atoms with Gasteiger partial charge in [-0.15, -0.1) is 0 Å². The number of hydrogen-bond donors (Lipinski definition) is 4. The normalized spacial score (nSPS) is 41.5. The van der Waals surface area contributed by atoms with E-state index >= 15 is 0 Å². The Morgan fingerprint density at radius 1 is 1.00 bits per heavy atom. The number of halogens is 2. The van der Waals surface area contributed by atoms with Crippen molar-refractivity contribution in [1.82, 2.24) is 0 Å². The van der Waals surface area contributed by atoms with Crippen LogP contribution in [0.25, 0.3) is 0 Å². The molecule has 4 fully saturated rings. The molecule has 11 atom stereocenters. The van der Waals surface area contributed by atoms with Gasteiger partial charge in [0, 0.05) is 6.42 Å². The highest BCUT2D eigenvalue weighted by Gasteiger charge is 2.65. The Bertz CT molecular complexity index is 1100. The van der Waals surface area contributed by atoms with Crippen molar-refractivity contribution >= 4 is 22.1 Å². The van der Waals surface area contributed by atoms with Crippen LogP contribution in [0.5, 0.6) is 0 Å². The van der Waals surface area contributed by atoms with Crippen molar-refractivity contribution in [2.75, 3.05) is 13.2 Å². The fourth-order valence-electron chi connectivity index (χ4n) is 9.17. The summed E-state index contributed by atoms with van der Waals surface area (Å²) in [6.07, 6.45) is 4.27. The van der Waals surface area contributed by atoms with Gasteiger partial charge in [0.2, 0.25) is 0 Å². The molecule has 0 bridgehead atoms. The van der Waals surface area contributed by atoms with E-state index in [4.69, 9.17) is 9.29 Å². The number of rotatable bonds is 9. The Labute approximate surface area is 239 Å². The summed E-state index contributed by atoms with van der Waals surface area (Å²) in [4.78, 5) is 23.9. The maximum atomic E-state index is 13.2. The lowest BCUT2D eigenvalue weighted by Gasteiger charge is -2.63. The molecule has 4 aliphatic rings. The molecule has 0 amide bonds. The molecule has 0 aromatic rings. The number of alkyl halides is 2. The molecule has 0 saturated heterocycles. The largest absolute Gasteiger partial charge is 0.455 e. The second-order valence-corrected chi connectivity index (χ2v) is 15.0. The highest BCUT2D eigenvalue weighted by atomic mass is 32.2. The van der Waals surface area contributed by atoms with Gasteiger partial charge < -0.3 is 24.8 Å². The molecule has 0 aromatic carbocycles. The lowest BCUT2D eigenvalue weighted by Crippen LogP contribution is -2.62. The Kier molecular flexibility index (Phi) is 9.19. The summed E-state index contributed by atoms with van der Waals surface area (Å²) in [6.45, 7) is 3.51. The topological polar surface area (TPSA) is 168 Å². The number of carbonyl (C=O) groups excluding carboxylic acids is 2. The second-order valence-electron chi connectivity index (χ2n) is 13.5. The van der Waals surface area contributed by atoms with Crippen LogP contribution in [0.4, 0.5) is 8.78 Å². The maximum absolute atomic E-state index is 13.2. The third kappa shape index (κ3) is 6.03. The van der Waals surface area contributed by atoms with Gasteiger partial charge in [-0.05, 0) is 97.7 Å². The van der Waals surface area contributed by atoms with Crippen molar-refractivity contribution in [1.29, 1.82) is 0 Å². The summed E-state index contributed by atoms with van der Waals surface area (Å²) < 4.78 is 64.9. The molecule has 1 unspecified atom stereocenters. The number of carbonyl (C=O) groups is 2. The van der Waals surface area contributed by atoms with Crippen LogP contribution >= 0.6 is 0 Å². The molecule has 0 heterocycles. The van der Waals surface area contributed by atoms with Crippen LogP contribution in [0, 0.1) is 46.3 Å². The predicted octanol–water partition coefficient (Wildman–Crippen LogP) is 2.93. The summed E-state index contributed by atoms with van der Waals surface area (Å²) in [6, 6.07) is 0. The van der Waals surface area contributed by atoms with Crippen molar-refractivity contribution in [3.05, 3.63) is 0 Å². The lowest BCUT2D eigenvalue weighted by atomic mass is 9.43. The molecular formula is C28H44F2O10S. The number of ether oxygens (including phenoxy) is 2. The molecule has 0 spiro atoms. The fraction of sp³-hybridized carbons (Fsp3) is 0.929. The van der Waals surface area contributed by atoms with E-state index in [1.54, 1.807) is 0 Å². The number of esters is 2. The Morgan fingerprint density at radius 3 is 2.34 bits per heavy atom. The van der Waals surface area contributed by atoms with E-state index in [0.29, 0.717) is 25.7 Å². The van der Waals surface area contributed by atoms with Crippen LogP contribution in [0.1, 0.15) is 78.6 Å². The van der Waals surface area contributed by atoms with Crippen molar-refractivity contribution in [2.45, 2.75) is 102 Å². The van der Waals surface area contributed by atoms with Gasteiger partial charge in [0.25, 0.3) is 0 Å². The zero-order chi connectivity index (χ0) is 30.5. The minimum Gasteiger partial charge on any atom is -0.455 e. The minimum atomic E-state index is -5.75. The van der Waals surface area contributed by atoms with E-state index in [2.05, 4.69) is 18.6 Å². The van der Waals surface area contributed by atoms with Crippen LogP contribution < -0.4 is 0 Å². The fourth-order valence-corrected chi connectivity index (χ4v) is 9.38. The molecule has 4 aliphatic carbocycles. The van der Waals surface area contributed by atoms with Crippen LogP contribution in [-0.4, -0.2) is 77.0 Å². The summed E-state index contributed by atoms with van der Waals surface area (Å²) in [5.41, 5.74) is -0.465. The average Bonchev–Trinajstić information content (AvgIpc) is 3.24. The van der Waals surface area contributed by atoms with Crippen LogP contribution in [0.2, 0.25) is 0 Å². The monoisotopic (exact) mass is 610 g/mol. The van der Waals surface area contributed by atoms with Crippen LogP contribution in [0.3, 0.4) is 0 Å². The predicted molar refractivity (Wildman–Crippen MR) is 141 cm³/mol. The summed E-state index contributed by atoms with van der Waals surface area (Å²) in [5.74, 6) is -1.41. The SMILES string of the molecule is C[C@H](CCC(=O)OCC(=O)OCC(F)(F)S(=O)(=O)O)[C@H]1CC[C@H]2[C@@H]3[C@H](O)CC4C[C@H](O)CC[C@]4(C)[C@H]3C[C@H](O)[C@]12C. The van der Waals surface area contributed by atoms with E-state index in [1.165, 1.54) is 0 Å². The van der Waals surface area contributed by atoms with Crippen molar-refractivity contribution < 1.29 is 56.1 Å². The number of fused-ring (bicyclic) bond motifs is 5. The molecule has 13 heteroatoms. The van der Waals surface area contributed by atoms with Crippen molar-refractivity contribution in [3.63, 3.8) is 0 Å². The van der Waals surface area contributed by atoms with Gasteiger partial charge >= 0.3 is 27.3 Å². The first-order valence-electron chi connectivity index (χ1n) is 14.6. The average molecular weight is 611 g/mol. The first kappa shape index (κ1) is 32.5. The molecule has 0 aliphatic heterocycles. The molecule has 10 nitrogen and oxygen atoms in total. The highest BCUT2D eigenvalue weighted by Crippen LogP contribution is 2.68. The Morgan fingerprint density at radius 2 is 1.68 bits per heavy atom. The van der Waals surface area contributed by atoms with E-state index in [-0.39, 0.29) is 53.4 Å². The molecule has 4 N–H and O–H groups in total. The molecular weight excluding hydrogens is 566 g/mol. The first-order valence-corrected chi connectivity index (χ1v) is 16.1. The van der Waals surface area contributed by atoms with Crippen LogP contribution in [0.15, 0.2) is 0 Å². The zero-order valence-corrected chi connectivity index (χ0v) is 24.7. The molecule has 0 radical (unpaired) electrons. The number of aliphatic hydroxyl groups excluding tert-OH is 3. The molecule has 4 rings (SSSR count). The van der Waals surface area contributed by atoms with Crippen LogP contribution in [-0.2, 0) is 29.2 Å². The van der Waals surface area contributed by atoms with Gasteiger partial charge in [-0.1, -0.05) is 20.8 Å². The van der Waals surface area contributed by atoms with E-state index < -0.39 is 58.1 Å². The van der Waals surface area contributed by atoms with Gasteiger partial charge in [0.1, 0.15) is 0 Å². The standard InChI is InChI=1S/C28H44F2O10S/c1-15(4-7-23(34)39-13-24(35)40-14-28(29,30)41(36,37)38)18-5-6-19-25-20(12-22(33)27(18,19)3)26(2)9-8-17(31)10-16(26)11-21(25)32/h15-22,25,31-33H,4-14H2,1-3H3,(H,36,37,38)/t15-,16?,17-,18-,19+,20+,21-,22+,25+,26+,27-/m1/s1. The lowest BCUT2D eigenvalue weighted by molar-refractivity contribution is -0.207. The summed E-state index contributed by atoms with van der Waals surface area (Å²) in [5, 5.41) is 28.6. The van der Waals surface area contributed by atoms with Gasteiger partial charge in [-0.25, -0.2) is 4.79 Å². The van der Waals surface area contributed by atoms with E-state index in [9.17, 15) is 42.1 Å². The maximum Gasteiger partial charge on any atom is 0.402 e. The molecule has 4 saturated carbocycles. The van der Waals surface area contributed by atoms with Gasteiger partial charge in [0.15, 0.2) is 13.2 Å². The van der Waals surface area contributed by atoms with Gasteiger partial charge in [0.05, 0.1) is 18.3 Å². The Hall–Kier alpha value is -1.41. The summed E-state index contributed by atoms with van der Waals surface area (Å²) in [7, 11) is -5.75. The van der Waals surface area contributed by atoms with E-state index in [1.807, 2.05) is 6.92 Å². The van der Waals surface area contributed by atoms with Crippen molar-refractivity contribution in [3.8, 4) is 0 Å². The first-order chi connectivity index (χ1) is 18.9. The van der Waals surface area contributed by atoms with Crippen molar-refractivity contribution in [2.24, 2.45) is 46.3 Å². The quantitative estimate of drug-likeness (QED) is 0.225. The minimum absolute atomic E-state index is 0.0121. The summed E-state index contributed by atoms with van der Waals surface area (Å²) >= 11 is 0. The smallest absolute Gasteiger partial charge is 0.402 e. The molecule has 236 valence electrons. The number of aliphatic hydroxyl groups is 3.